The molecule has 0 bridgehead atoms. The molecule has 0 aliphatic rings. The fourth-order valence-corrected chi connectivity index (χ4v) is 1.61. The Morgan fingerprint density at radius 3 is 2.62 bits per heavy atom. The van der Waals surface area contributed by atoms with Gasteiger partial charge in [-0.2, -0.15) is 0 Å². The first-order chi connectivity index (χ1) is 7.67. The molecule has 0 radical (unpaired) electrons. The van der Waals surface area contributed by atoms with Crippen LogP contribution in [0, 0.1) is 0 Å². The topological polar surface area (TPSA) is 37.3 Å². The van der Waals surface area contributed by atoms with Gasteiger partial charge in [0.15, 0.2) is 0 Å². The molecular weight excluding hydrogens is 202 g/mol. The second-order valence-corrected chi connectivity index (χ2v) is 3.85. The molecule has 4 heteroatoms. The van der Waals surface area contributed by atoms with Crippen LogP contribution in [0.1, 0.15) is 24.2 Å². The fourth-order valence-electron chi connectivity index (χ4n) is 1.61. The molecule has 16 heavy (non-hydrogen) atoms. The lowest BCUT2D eigenvalue weighted by atomic mass is 10.3. The van der Waals surface area contributed by atoms with Gasteiger partial charge >= 0.3 is 0 Å². The summed E-state index contributed by atoms with van der Waals surface area (Å²) >= 11 is 0. The summed E-state index contributed by atoms with van der Waals surface area (Å²) in [5, 5.41) is 2.92. The summed E-state index contributed by atoms with van der Waals surface area (Å²) in [5.74, 6) is 0.00718. The van der Waals surface area contributed by atoms with E-state index in [2.05, 4.69) is 24.1 Å². The van der Waals surface area contributed by atoms with Crippen molar-refractivity contribution in [2.45, 2.75) is 13.8 Å². The zero-order valence-electron chi connectivity index (χ0n) is 10.4. The zero-order valence-corrected chi connectivity index (χ0v) is 10.4. The van der Waals surface area contributed by atoms with Crippen LogP contribution in [-0.4, -0.2) is 41.6 Å². The molecule has 1 N–H and O–H groups in total. The van der Waals surface area contributed by atoms with Crippen LogP contribution in [0.5, 0.6) is 0 Å². The van der Waals surface area contributed by atoms with E-state index in [0.29, 0.717) is 6.54 Å². The van der Waals surface area contributed by atoms with Gasteiger partial charge in [-0.15, -0.1) is 0 Å². The minimum atomic E-state index is 0.00718. The summed E-state index contributed by atoms with van der Waals surface area (Å²) in [6.45, 7) is 7.92. The summed E-state index contributed by atoms with van der Waals surface area (Å²) in [5.41, 5.74) is 0.724. The minimum Gasteiger partial charge on any atom is -0.356 e. The van der Waals surface area contributed by atoms with E-state index in [9.17, 15) is 4.79 Å². The van der Waals surface area contributed by atoms with Gasteiger partial charge in [0, 0.05) is 32.5 Å². The van der Waals surface area contributed by atoms with E-state index >= 15 is 0 Å². The normalized spacial score (nSPS) is 10.8. The van der Waals surface area contributed by atoms with E-state index < -0.39 is 0 Å². The third kappa shape index (κ3) is 3.70. The maximum absolute atomic E-state index is 11.7. The van der Waals surface area contributed by atoms with Gasteiger partial charge in [-0.25, -0.2) is 0 Å². The van der Waals surface area contributed by atoms with Gasteiger partial charge in [0.25, 0.3) is 5.91 Å². The molecule has 0 saturated carbocycles. The maximum Gasteiger partial charge on any atom is 0.252 e. The second kappa shape index (κ2) is 6.33. The van der Waals surface area contributed by atoms with Gasteiger partial charge in [-0.05, 0) is 19.2 Å². The standard InChI is InChI=1S/C12H21N3O/c1-4-15(5-2)9-7-13-12(16)11-6-8-14(3)10-11/h6,8,10H,4-5,7,9H2,1-3H3,(H,13,16). The highest BCUT2D eigenvalue weighted by atomic mass is 16.1. The van der Waals surface area contributed by atoms with E-state index in [4.69, 9.17) is 0 Å². The van der Waals surface area contributed by atoms with Crippen molar-refractivity contribution in [1.29, 1.82) is 0 Å². The van der Waals surface area contributed by atoms with Crippen LogP contribution in [0.15, 0.2) is 18.5 Å². The number of rotatable bonds is 6. The Balaban J connectivity index is 2.30. The number of carbonyl (C=O) groups is 1. The van der Waals surface area contributed by atoms with Crippen molar-refractivity contribution >= 4 is 5.91 Å². The van der Waals surface area contributed by atoms with Crippen molar-refractivity contribution in [3.8, 4) is 0 Å². The van der Waals surface area contributed by atoms with Crippen LogP contribution in [0.4, 0.5) is 0 Å². The van der Waals surface area contributed by atoms with Gasteiger partial charge in [0.05, 0.1) is 5.56 Å². The van der Waals surface area contributed by atoms with Gasteiger partial charge in [-0.3, -0.25) is 4.79 Å². The monoisotopic (exact) mass is 223 g/mol. The molecule has 0 aliphatic carbocycles. The van der Waals surface area contributed by atoms with Crippen LogP contribution in [0.3, 0.4) is 0 Å². The Labute approximate surface area is 97.2 Å². The highest BCUT2D eigenvalue weighted by Crippen LogP contribution is 1.98. The van der Waals surface area contributed by atoms with E-state index in [0.717, 1.165) is 25.2 Å². The summed E-state index contributed by atoms with van der Waals surface area (Å²) in [4.78, 5) is 14.0. The molecule has 0 unspecified atom stereocenters. The van der Waals surface area contributed by atoms with Crippen molar-refractivity contribution in [3.63, 3.8) is 0 Å². The number of likely N-dealkylation sites (N-methyl/N-ethyl adjacent to an activating group) is 1. The predicted octanol–water partition coefficient (Wildman–Crippen LogP) is 1.10. The second-order valence-electron chi connectivity index (χ2n) is 3.85. The lowest BCUT2D eigenvalue weighted by Crippen LogP contribution is -2.34. The number of aryl methyl sites for hydroxylation is 1. The molecule has 0 aliphatic heterocycles. The summed E-state index contributed by atoms with van der Waals surface area (Å²) < 4.78 is 1.87. The van der Waals surface area contributed by atoms with Crippen molar-refractivity contribution in [3.05, 3.63) is 24.0 Å². The fraction of sp³-hybridized carbons (Fsp3) is 0.583. The summed E-state index contributed by atoms with van der Waals surface area (Å²) in [6.07, 6.45) is 3.70. The molecule has 0 atom stereocenters. The van der Waals surface area contributed by atoms with E-state index in [1.807, 2.05) is 30.1 Å². The van der Waals surface area contributed by atoms with Crippen molar-refractivity contribution in [1.82, 2.24) is 14.8 Å². The molecular formula is C12H21N3O. The minimum absolute atomic E-state index is 0.00718. The van der Waals surface area contributed by atoms with Gasteiger partial charge in [0.2, 0.25) is 0 Å². The maximum atomic E-state index is 11.7. The average molecular weight is 223 g/mol. The first-order valence-electron chi connectivity index (χ1n) is 5.79. The van der Waals surface area contributed by atoms with E-state index in [-0.39, 0.29) is 5.91 Å². The lowest BCUT2D eigenvalue weighted by molar-refractivity contribution is 0.0949. The summed E-state index contributed by atoms with van der Waals surface area (Å²) in [6, 6.07) is 1.83. The Kier molecular flexibility index (Phi) is 5.05. The SMILES string of the molecule is CCN(CC)CCNC(=O)c1ccn(C)c1. The van der Waals surface area contributed by atoms with Crippen molar-refractivity contribution < 1.29 is 4.79 Å². The number of amides is 1. The number of hydrogen-bond acceptors (Lipinski definition) is 2. The van der Waals surface area contributed by atoms with E-state index in [1.54, 1.807) is 0 Å². The molecule has 0 saturated heterocycles. The Morgan fingerprint density at radius 2 is 2.12 bits per heavy atom. The van der Waals surface area contributed by atoms with Crippen LogP contribution in [0.25, 0.3) is 0 Å². The van der Waals surface area contributed by atoms with E-state index in [1.165, 1.54) is 0 Å². The molecule has 1 aromatic heterocycles. The quantitative estimate of drug-likeness (QED) is 0.784. The molecule has 1 rings (SSSR count). The molecule has 4 nitrogen and oxygen atoms in total. The smallest absolute Gasteiger partial charge is 0.252 e. The highest BCUT2D eigenvalue weighted by molar-refractivity contribution is 5.93. The average Bonchev–Trinajstić information content (AvgIpc) is 2.71. The van der Waals surface area contributed by atoms with Gasteiger partial charge in [0.1, 0.15) is 0 Å². The number of nitrogens with one attached hydrogen (secondary N) is 1. The summed E-state index contributed by atoms with van der Waals surface area (Å²) in [7, 11) is 1.91. The molecule has 1 aromatic rings. The zero-order chi connectivity index (χ0) is 12.0. The van der Waals surface area contributed by atoms with Gasteiger partial charge < -0.3 is 14.8 Å². The first-order valence-corrected chi connectivity index (χ1v) is 5.79. The number of hydrogen-bond donors (Lipinski definition) is 1. The van der Waals surface area contributed by atoms with Crippen molar-refractivity contribution in [2.24, 2.45) is 7.05 Å². The number of nitrogens with zero attached hydrogens (tertiary/aromatic N) is 2. The molecule has 1 heterocycles. The van der Waals surface area contributed by atoms with Gasteiger partial charge in [-0.1, -0.05) is 13.8 Å². The lowest BCUT2D eigenvalue weighted by Gasteiger charge is -2.17. The first kappa shape index (κ1) is 12.8. The molecule has 90 valence electrons. The molecule has 1 amide bonds. The third-order valence-corrected chi connectivity index (χ3v) is 2.70. The van der Waals surface area contributed by atoms with Crippen molar-refractivity contribution in [2.75, 3.05) is 26.2 Å². The molecule has 0 fully saturated rings. The number of carbonyl (C=O) groups excluding carboxylic acids is 1. The Morgan fingerprint density at radius 1 is 1.44 bits per heavy atom. The Hall–Kier alpha value is -1.29. The largest absolute Gasteiger partial charge is 0.356 e. The molecule has 0 aromatic carbocycles. The Bertz CT molecular complexity index is 329. The third-order valence-electron chi connectivity index (χ3n) is 2.70. The number of aromatic nitrogens is 1. The molecule has 0 spiro atoms. The highest BCUT2D eigenvalue weighted by Gasteiger charge is 2.06. The van der Waals surface area contributed by atoms with Crippen LogP contribution in [-0.2, 0) is 7.05 Å². The van der Waals surface area contributed by atoms with Crippen LogP contribution >= 0.6 is 0 Å². The van der Waals surface area contributed by atoms with Crippen LogP contribution < -0.4 is 5.32 Å². The van der Waals surface area contributed by atoms with Crippen LogP contribution in [0.2, 0.25) is 0 Å². The predicted molar refractivity (Wildman–Crippen MR) is 65.5 cm³/mol.